The lowest BCUT2D eigenvalue weighted by Crippen LogP contribution is -2.35. The van der Waals surface area contributed by atoms with Gasteiger partial charge in [-0.2, -0.15) is 0 Å². The van der Waals surface area contributed by atoms with E-state index < -0.39 is 6.09 Å². The molecule has 6 heteroatoms. The number of carbonyl (C=O) groups is 2. The number of hydrogen-bond acceptors (Lipinski definition) is 4. The second kappa shape index (κ2) is 11.2. The highest BCUT2D eigenvalue weighted by molar-refractivity contribution is 5.76. The van der Waals surface area contributed by atoms with Gasteiger partial charge in [0, 0.05) is 26.6 Å². The Morgan fingerprint density at radius 3 is 2.47 bits per heavy atom. The SMILES string of the molecule is CCCCOC(=O)NCCNC(=O)CCOC. The third-order valence-corrected chi connectivity index (χ3v) is 1.98. The summed E-state index contributed by atoms with van der Waals surface area (Å²) < 4.78 is 9.63. The van der Waals surface area contributed by atoms with Crippen molar-refractivity contribution in [1.82, 2.24) is 10.6 Å². The van der Waals surface area contributed by atoms with E-state index in [1.54, 1.807) is 7.11 Å². The molecule has 0 atom stereocenters. The molecule has 0 radical (unpaired) electrons. The smallest absolute Gasteiger partial charge is 0.407 e. The van der Waals surface area contributed by atoms with Crippen molar-refractivity contribution in [3.63, 3.8) is 0 Å². The predicted octanol–water partition coefficient (Wildman–Crippen LogP) is 0.665. The van der Waals surface area contributed by atoms with Crippen molar-refractivity contribution in [2.24, 2.45) is 0 Å². The average Bonchev–Trinajstić information content (AvgIpc) is 2.32. The van der Waals surface area contributed by atoms with E-state index in [0.717, 1.165) is 12.8 Å². The lowest BCUT2D eigenvalue weighted by atomic mass is 10.4. The maximum atomic E-state index is 11.1. The van der Waals surface area contributed by atoms with Crippen molar-refractivity contribution in [2.75, 3.05) is 33.4 Å². The molecule has 6 nitrogen and oxygen atoms in total. The Morgan fingerprint density at radius 2 is 1.82 bits per heavy atom. The minimum absolute atomic E-state index is 0.0898. The lowest BCUT2D eigenvalue weighted by molar-refractivity contribution is -0.121. The van der Waals surface area contributed by atoms with Crippen molar-refractivity contribution < 1.29 is 19.1 Å². The molecule has 2 amide bonds. The molecule has 0 bridgehead atoms. The number of methoxy groups -OCH3 is 1. The summed E-state index contributed by atoms with van der Waals surface area (Å²) in [4.78, 5) is 22.2. The molecule has 0 saturated heterocycles. The van der Waals surface area contributed by atoms with E-state index in [1.165, 1.54) is 0 Å². The molecule has 0 aliphatic carbocycles. The third-order valence-electron chi connectivity index (χ3n) is 1.98. The van der Waals surface area contributed by atoms with Crippen LogP contribution >= 0.6 is 0 Å². The molecule has 0 aliphatic heterocycles. The van der Waals surface area contributed by atoms with Gasteiger partial charge in [0.15, 0.2) is 0 Å². The van der Waals surface area contributed by atoms with Gasteiger partial charge in [-0.15, -0.1) is 0 Å². The van der Waals surface area contributed by atoms with E-state index in [4.69, 9.17) is 9.47 Å². The van der Waals surface area contributed by atoms with Crippen LogP contribution in [0.2, 0.25) is 0 Å². The van der Waals surface area contributed by atoms with Crippen LogP contribution in [-0.4, -0.2) is 45.4 Å². The van der Waals surface area contributed by atoms with E-state index in [9.17, 15) is 9.59 Å². The van der Waals surface area contributed by atoms with Crippen molar-refractivity contribution in [3.8, 4) is 0 Å². The maximum absolute atomic E-state index is 11.1. The lowest BCUT2D eigenvalue weighted by Gasteiger charge is -2.07. The normalized spacial score (nSPS) is 9.76. The van der Waals surface area contributed by atoms with Gasteiger partial charge in [0.1, 0.15) is 0 Å². The molecule has 0 aromatic rings. The van der Waals surface area contributed by atoms with E-state index in [2.05, 4.69) is 10.6 Å². The molecule has 0 unspecified atom stereocenters. The number of nitrogens with one attached hydrogen (secondary N) is 2. The van der Waals surface area contributed by atoms with Gasteiger partial charge in [0.25, 0.3) is 0 Å². The standard InChI is InChI=1S/C11H22N2O4/c1-3-4-8-17-11(15)13-7-6-12-10(14)5-9-16-2/h3-9H2,1-2H3,(H,12,14)(H,13,15). The van der Waals surface area contributed by atoms with Gasteiger partial charge < -0.3 is 20.1 Å². The molecule has 2 N–H and O–H groups in total. The highest BCUT2D eigenvalue weighted by Crippen LogP contribution is 1.87. The number of hydrogen-bond donors (Lipinski definition) is 2. The molecule has 0 saturated carbocycles. The highest BCUT2D eigenvalue weighted by atomic mass is 16.5. The summed E-state index contributed by atoms with van der Waals surface area (Å²) in [6.45, 7) is 3.62. The Morgan fingerprint density at radius 1 is 1.12 bits per heavy atom. The van der Waals surface area contributed by atoms with Gasteiger partial charge in [0.2, 0.25) is 5.91 Å². The summed E-state index contributed by atoms with van der Waals surface area (Å²) in [7, 11) is 1.54. The number of alkyl carbamates (subject to hydrolysis) is 1. The van der Waals surface area contributed by atoms with Crippen LogP contribution in [0.5, 0.6) is 0 Å². The quantitative estimate of drug-likeness (QED) is 0.586. The summed E-state index contributed by atoms with van der Waals surface area (Å²) in [5, 5.41) is 5.20. The first-order chi connectivity index (χ1) is 8.20. The van der Waals surface area contributed by atoms with Crippen LogP contribution in [0.15, 0.2) is 0 Å². The molecular formula is C11H22N2O4. The maximum Gasteiger partial charge on any atom is 0.407 e. The van der Waals surface area contributed by atoms with Gasteiger partial charge in [0.05, 0.1) is 13.2 Å². The Kier molecular flexibility index (Phi) is 10.3. The first-order valence-electron chi connectivity index (χ1n) is 5.87. The molecule has 0 aromatic heterocycles. The van der Waals surface area contributed by atoms with Crippen LogP contribution in [0.1, 0.15) is 26.2 Å². The fourth-order valence-corrected chi connectivity index (χ4v) is 1.01. The van der Waals surface area contributed by atoms with E-state index in [1.807, 2.05) is 6.92 Å². The topological polar surface area (TPSA) is 76.7 Å². The summed E-state index contributed by atoms with van der Waals surface area (Å²) in [6.07, 6.45) is 1.74. The van der Waals surface area contributed by atoms with Crippen LogP contribution in [-0.2, 0) is 14.3 Å². The van der Waals surface area contributed by atoms with E-state index in [-0.39, 0.29) is 5.91 Å². The zero-order valence-corrected chi connectivity index (χ0v) is 10.6. The van der Waals surface area contributed by atoms with Crippen molar-refractivity contribution in [2.45, 2.75) is 26.2 Å². The molecule has 100 valence electrons. The molecule has 0 aliphatic rings. The summed E-state index contributed by atoms with van der Waals surface area (Å²) in [5.41, 5.74) is 0. The minimum atomic E-state index is -0.440. The first kappa shape index (κ1) is 15.7. The number of rotatable bonds is 9. The van der Waals surface area contributed by atoms with Gasteiger partial charge in [-0.05, 0) is 6.42 Å². The Hall–Kier alpha value is -1.30. The Bertz CT molecular complexity index is 222. The van der Waals surface area contributed by atoms with Gasteiger partial charge >= 0.3 is 6.09 Å². The fraction of sp³-hybridized carbons (Fsp3) is 0.818. The van der Waals surface area contributed by atoms with Crippen LogP contribution in [0.25, 0.3) is 0 Å². The average molecular weight is 246 g/mol. The third kappa shape index (κ3) is 11.0. The highest BCUT2D eigenvalue weighted by Gasteiger charge is 2.02. The van der Waals surface area contributed by atoms with E-state index in [0.29, 0.717) is 32.7 Å². The summed E-state index contributed by atoms with van der Waals surface area (Å²) in [5.74, 6) is -0.0898. The van der Waals surface area contributed by atoms with Crippen molar-refractivity contribution in [1.29, 1.82) is 0 Å². The summed E-state index contributed by atoms with van der Waals surface area (Å²) >= 11 is 0. The molecule has 0 rings (SSSR count). The monoisotopic (exact) mass is 246 g/mol. The van der Waals surface area contributed by atoms with Crippen LogP contribution in [0.3, 0.4) is 0 Å². The molecule has 0 spiro atoms. The van der Waals surface area contributed by atoms with Gasteiger partial charge in [-0.1, -0.05) is 13.3 Å². The minimum Gasteiger partial charge on any atom is -0.450 e. The van der Waals surface area contributed by atoms with Crippen LogP contribution in [0, 0.1) is 0 Å². The second-order valence-electron chi connectivity index (χ2n) is 3.51. The molecule has 0 heterocycles. The number of amides is 2. The first-order valence-corrected chi connectivity index (χ1v) is 5.87. The molecule has 0 fully saturated rings. The van der Waals surface area contributed by atoms with Crippen molar-refractivity contribution >= 4 is 12.0 Å². The largest absolute Gasteiger partial charge is 0.450 e. The molecular weight excluding hydrogens is 224 g/mol. The molecule has 17 heavy (non-hydrogen) atoms. The fourth-order valence-electron chi connectivity index (χ4n) is 1.01. The Balaban J connectivity index is 3.32. The second-order valence-corrected chi connectivity index (χ2v) is 3.51. The number of unbranched alkanes of at least 4 members (excludes halogenated alkanes) is 1. The zero-order valence-electron chi connectivity index (χ0n) is 10.6. The molecule has 0 aromatic carbocycles. The van der Waals surface area contributed by atoms with E-state index >= 15 is 0 Å². The zero-order chi connectivity index (χ0) is 12.9. The summed E-state index contributed by atoms with van der Waals surface area (Å²) in [6, 6.07) is 0. The number of ether oxygens (including phenoxy) is 2. The predicted molar refractivity (Wildman–Crippen MR) is 63.8 cm³/mol. The Labute approximate surface area is 102 Å². The number of carbonyl (C=O) groups excluding carboxylic acids is 2. The van der Waals surface area contributed by atoms with Crippen molar-refractivity contribution in [3.05, 3.63) is 0 Å². The van der Waals surface area contributed by atoms with Gasteiger partial charge in [-0.25, -0.2) is 4.79 Å². The van der Waals surface area contributed by atoms with Crippen LogP contribution in [0.4, 0.5) is 4.79 Å². The van der Waals surface area contributed by atoms with Crippen LogP contribution < -0.4 is 10.6 Å². The van der Waals surface area contributed by atoms with Gasteiger partial charge in [-0.3, -0.25) is 4.79 Å².